The van der Waals surface area contributed by atoms with Crippen molar-refractivity contribution in [1.29, 1.82) is 0 Å². The maximum absolute atomic E-state index is 13.4. The molecule has 2 aromatic carbocycles. The summed E-state index contributed by atoms with van der Waals surface area (Å²) in [5.74, 6) is -0.345. The van der Waals surface area contributed by atoms with Gasteiger partial charge in [0.05, 0.1) is 16.7 Å². The van der Waals surface area contributed by atoms with Gasteiger partial charge in [0, 0.05) is 11.3 Å². The summed E-state index contributed by atoms with van der Waals surface area (Å²) in [6, 6.07) is 11.3. The van der Waals surface area contributed by atoms with Gasteiger partial charge in [-0.2, -0.15) is 5.10 Å². The molecule has 2 aromatic heterocycles. The van der Waals surface area contributed by atoms with Crippen molar-refractivity contribution >= 4 is 22.6 Å². The Morgan fingerprint density at radius 2 is 1.96 bits per heavy atom. The first-order valence-electron chi connectivity index (χ1n) is 8.55. The van der Waals surface area contributed by atoms with E-state index in [-0.39, 0.29) is 11.4 Å². The number of aromatic amines is 2. The smallest absolute Gasteiger partial charge is 0.277 e. The van der Waals surface area contributed by atoms with Crippen LogP contribution in [-0.2, 0) is 0 Å². The van der Waals surface area contributed by atoms with E-state index in [2.05, 4.69) is 25.5 Å². The number of hydrogen-bond acceptors (Lipinski definition) is 4. The summed E-state index contributed by atoms with van der Waals surface area (Å²) in [4.78, 5) is 32.1. The first-order valence-corrected chi connectivity index (χ1v) is 8.55. The Bertz CT molecular complexity index is 1280. The Morgan fingerprint density at radius 1 is 1.14 bits per heavy atom. The van der Waals surface area contributed by atoms with Gasteiger partial charge in [-0.05, 0) is 49.7 Å². The Balaban J connectivity index is 1.66. The summed E-state index contributed by atoms with van der Waals surface area (Å²) in [5, 5.41) is 8.89. The highest BCUT2D eigenvalue weighted by Crippen LogP contribution is 2.23. The third kappa shape index (κ3) is 3.16. The zero-order chi connectivity index (χ0) is 19.8. The highest BCUT2D eigenvalue weighted by molar-refractivity contribution is 6.05. The second-order valence-electron chi connectivity index (χ2n) is 6.42. The number of rotatable bonds is 3. The summed E-state index contributed by atoms with van der Waals surface area (Å²) in [7, 11) is 0. The highest BCUT2D eigenvalue weighted by Gasteiger charge is 2.17. The number of benzene rings is 2. The minimum atomic E-state index is -0.545. The third-order valence-electron chi connectivity index (χ3n) is 4.53. The molecule has 2 heterocycles. The molecule has 0 saturated carbocycles. The van der Waals surface area contributed by atoms with Crippen LogP contribution < -0.4 is 10.9 Å². The lowest BCUT2D eigenvalue weighted by molar-refractivity contribution is 0.102. The standard InChI is InChI=1S/C20H16FN5O2/c1-10-11(2)25-26-20(28)17(10)19(27)22-14-6-7-15-16(9-14)24-18(23-15)12-4-3-5-13(21)8-12/h3-9H,1-2H3,(H,22,27)(H,23,24)(H,26,28). The van der Waals surface area contributed by atoms with Crippen LogP contribution in [0.5, 0.6) is 0 Å². The lowest BCUT2D eigenvalue weighted by Gasteiger charge is -2.08. The molecule has 0 saturated heterocycles. The summed E-state index contributed by atoms with van der Waals surface area (Å²) in [5.41, 5.74) is 3.05. The molecule has 1 amide bonds. The number of aromatic nitrogens is 4. The van der Waals surface area contributed by atoms with Crippen molar-refractivity contribution in [1.82, 2.24) is 20.2 Å². The third-order valence-corrected chi connectivity index (χ3v) is 4.53. The van der Waals surface area contributed by atoms with Gasteiger partial charge in [0.15, 0.2) is 0 Å². The van der Waals surface area contributed by atoms with Crippen LogP contribution in [0.1, 0.15) is 21.6 Å². The van der Waals surface area contributed by atoms with Crippen LogP contribution in [0.3, 0.4) is 0 Å². The molecule has 0 bridgehead atoms. The number of halogens is 1. The zero-order valence-electron chi connectivity index (χ0n) is 15.1. The fraction of sp³-hybridized carbons (Fsp3) is 0.100. The minimum Gasteiger partial charge on any atom is -0.338 e. The molecule has 0 aliphatic rings. The lowest BCUT2D eigenvalue weighted by Crippen LogP contribution is -2.26. The molecule has 7 nitrogen and oxygen atoms in total. The van der Waals surface area contributed by atoms with Gasteiger partial charge >= 0.3 is 0 Å². The number of hydrogen-bond donors (Lipinski definition) is 3. The van der Waals surface area contributed by atoms with E-state index in [0.29, 0.717) is 39.4 Å². The summed E-state index contributed by atoms with van der Waals surface area (Å²) in [6.07, 6.45) is 0. The number of aryl methyl sites for hydroxylation is 1. The van der Waals surface area contributed by atoms with Gasteiger partial charge in [0.2, 0.25) is 0 Å². The van der Waals surface area contributed by atoms with E-state index in [0.717, 1.165) is 0 Å². The molecule has 0 aliphatic heterocycles. The second-order valence-corrected chi connectivity index (χ2v) is 6.42. The average molecular weight is 377 g/mol. The molecule has 28 heavy (non-hydrogen) atoms. The van der Waals surface area contributed by atoms with E-state index in [1.165, 1.54) is 12.1 Å². The minimum absolute atomic E-state index is 0.0256. The average Bonchev–Trinajstić information content (AvgIpc) is 3.08. The number of carbonyl (C=O) groups excluding carboxylic acids is 1. The highest BCUT2D eigenvalue weighted by atomic mass is 19.1. The van der Waals surface area contributed by atoms with Gasteiger partial charge in [-0.15, -0.1) is 0 Å². The topological polar surface area (TPSA) is 104 Å². The Kier molecular flexibility index (Phi) is 4.23. The summed E-state index contributed by atoms with van der Waals surface area (Å²) >= 11 is 0. The molecule has 0 atom stereocenters. The molecule has 140 valence electrons. The monoisotopic (exact) mass is 377 g/mol. The Labute approximate surface area is 158 Å². The van der Waals surface area contributed by atoms with Crippen molar-refractivity contribution in [2.24, 2.45) is 0 Å². The van der Waals surface area contributed by atoms with E-state index in [9.17, 15) is 14.0 Å². The molecular weight excluding hydrogens is 361 g/mol. The van der Waals surface area contributed by atoms with Crippen molar-refractivity contribution in [2.75, 3.05) is 5.32 Å². The van der Waals surface area contributed by atoms with E-state index in [1.54, 1.807) is 44.2 Å². The number of anilines is 1. The first kappa shape index (κ1) is 17.6. The van der Waals surface area contributed by atoms with Crippen LogP contribution >= 0.6 is 0 Å². The number of carbonyl (C=O) groups is 1. The molecular formula is C20H16FN5O2. The van der Waals surface area contributed by atoms with E-state index >= 15 is 0 Å². The molecule has 4 rings (SSSR count). The Morgan fingerprint density at radius 3 is 2.75 bits per heavy atom. The van der Waals surface area contributed by atoms with Crippen LogP contribution in [0.15, 0.2) is 47.3 Å². The maximum Gasteiger partial charge on any atom is 0.277 e. The van der Waals surface area contributed by atoms with Crippen LogP contribution in [0.2, 0.25) is 0 Å². The summed E-state index contributed by atoms with van der Waals surface area (Å²) in [6.45, 7) is 3.39. The number of nitrogens with one attached hydrogen (secondary N) is 3. The van der Waals surface area contributed by atoms with Crippen molar-refractivity contribution in [3.8, 4) is 11.4 Å². The van der Waals surface area contributed by atoms with E-state index in [4.69, 9.17) is 0 Å². The quantitative estimate of drug-likeness (QED) is 0.509. The fourth-order valence-electron chi connectivity index (χ4n) is 2.95. The number of amides is 1. The molecule has 0 aliphatic carbocycles. The van der Waals surface area contributed by atoms with Crippen molar-refractivity contribution in [2.45, 2.75) is 13.8 Å². The predicted molar refractivity (Wildman–Crippen MR) is 104 cm³/mol. The van der Waals surface area contributed by atoms with Gasteiger partial charge in [0.1, 0.15) is 17.2 Å². The number of nitrogens with zero attached hydrogens (tertiary/aromatic N) is 2. The zero-order valence-corrected chi connectivity index (χ0v) is 15.1. The van der Waals surface area contributed by atoms with Gasteiger partial charge < -0.3 is 10.3 Å². The SMILES string of the molecule is Cc1n[nH]c(=O)c(C(=O)Nc2ccc3nc(-c4cccc(F)c4)[nH]c3c2)c1C. The van der Waals surface area contributed by atoms with E-state index < -0.39 is 11.5 Å². The molecule has 0 unspecified atom stereocenters. The number of imidazole rings is 1. The summed E-state index contributed by atoms with van der Waals surface area (Å²) < 4.78 is 13.4. The van der Waals surface area contributed by atoms with Crippen molar-refractivity contribution in [3.05, 3.63) is 75.5 Å². The van der Waals surface area contributed by atoms with Gasteiger partial charge in [0.25, 0.3) is 11.5 Å². The largest absolute Gasteiger partial charge is 0.338 e. The Hall–Kier alpha value is -3.81. The van der Waals surface area contributed by atoms with Gasteiger partial charge in [-0.1, -0.05) is 12.1 Å². The second kappa shape index (κ2) is 6.73. The number of H-pyrrole nitrogens is 2. The van der Waals surface area contributed by atoms with Gasteiger partial charge in [-0.25, -0.2) is 14.5 Å². The fourth-order valence-corrected chi connectivity index (χ4v) is 2.95. The van der Waals surface area contributed by atoms with Crippen LogP contribution in [0, 0.1) is 19.7 Å². The molecule has 3 N–H and O–H groups in total. The molecule has 0 radical (unpaired) electrons. The van der Waals surface area contributed by atoms with Gasteiger partial charge in [-0.3, -0.25) is 9.59 Å². The van der Waals surface area contributed by atoms with Crippen molar-refractivity contribution in [3.63, 3.8) is 0 Å². The molecule has 4 aromatic rings. The predicted octanol–water partition coefficient (Wildman–Crippen LogP) is 3.32. The molecule has 0 fully saturated rings. The molecule has 8 heteroatoms. The van der Waals surface area contributed by atoms with Crippen LogP contribution in [0.25, 0.3) is 22.4 Å². The molecule has 0 spiro atoms. The normalized spacial score (nSPS) is 11.0. The van der Waals surface area contributed by atoms with Crippen molar-refractivity contribution < 1.29 is 9.18 Å². The first-order chi connectivity index (χ1) is 13.4. The van der Waals surface area contributed by atoms with Crippen LogP contribution in [-0.4, -0.2) is 26.1 Å². The van der Waals surface area contributed by atoms with E-state index in [1.807, 2.05) is 0 Å². The van der Waals surface area contributed by atoms with Crippen LogP contribution in [0.4, 0.5) is 10.1 Å². The lowest BCUT2D eigenvalue weighted by atomic mass is 10.1. The number of fused-ring (bicyclic) bond motifs is 1. The maximum atomic E-state index is 13.4.